The van der Waals surface area contributed by atoms with Crippen molar-refractivity contribution < 1.29 is 0 Å². The minimum atomic E-state index is 0.558. The van der Waals surface area contributed by atoms with Crippen molar-refractivity contribution in [2.75, 3.05) is 5.32 Å². The van der Waals surface area contributed by atoms with E-state index in [0.29, 0.717) is 11.6 Å². The standard InChI is InChI=1S/C30H30N6S/c1-6-21(14-24(7-2)33-19(4)22-8-9-22)27-15-26-28(16-32-27)35-36-29(26)20(5)34-30-18(3)25(10-12-31-30)23-11-13-37-17-23/h6-7,10-17,22,33H,2,4-5,8-9H2,1,3H3,(H,31,34)(H,35,36)/b21-6+,24-14+. The molecule has 4 aromatic heterocycles. The summed E-state index contributed by atoms with van der Waals surface area (Å²) in [6.07, 6.45) is 11.9. The van der Waals surface area contributed by atoms with Gasteiger partial charge in [-0.25, -0.2) is 4.98 Å². The summed E-state index contributed by atoms with van der Waals surface area (Å²) in [5.74, 6) is 1.32. The van der Waals surface area contributed by atoms with Crippen LogP contribution in [0.25, 0.3) is 33.3 Å². The average Bonchev–Trinajstić information content (AvgIpc) is 3.45. The number of aromatic nitrogens is 4. The van der Waals surface area contributed by atoms with E-state index in [9.17, 15) is 0 Å². The molecule has 0 saturated heterocycles. The average molecular weight is 507 g/mol. The van der Waals surface area contributed by atoms with Crippen LogP contribution >= 0.6 is 11.3 Å². The molecule has 5 rings (SSSR count). The number of nitrogens with zero attached hydrogens (tertiary/aromatic N) is 3. The van der Waals surface area contributed by atoms with Gasteiger partial charge < -0.3 is 10.6 Å². The van der Waals surface area contributed by atoms with Gasteiger partial charge in [0.05, 0.1) is 23.1 Å². The highest BCUT2D eigenvalue weighted by Gasteiger charge is 2.24. The summed E-state index contributed by atoms with van der Waals surface area (Å²) in [6, 6.07) is 6.18. The zero-order valence-corrected chi connectivity index (χ0v) is 22.0. The predicted octanol–water partition coefficient (Wildman–Crippen LogP) is 7.46. The van der Waals surface area contributed by atoms with Gasteiger partial charge in [0.25, 0.3) is 0 Å². The molecule has 0 aliphatic heterocycles. The first kappa shape index (κ1) is 24.5. The highest BCUT2D eigenvalue weighted by atomic mass is 32.1. The number of fused-ring (bicyclic) bond motifs is 1. The number of H-pyrrole nitrogens is 1. The summed E-state index contributed by atoms with van der Waals surface area (Å²) in [5.41, 5.74) is 9.35. The Morgan fingerprint density at radius 2 is 2.05 bits per heavy atom. The minimum absolute atomic E-state index is 0.558. The molecule has 0 aromatic carbocycles. The Balaban J connectivity index is 1.42. The first-order valence-corrected chi connectivity index (χ1v) is 13.2. The van der Waals surface area contributed by atoms with Gasteiger partial charge in [-0.1, -0.05) is 25.8 Å². The fourth-order valence-corrected chi connectivity index (χ4v) is 4.89. The Morgan fingerprint density at radius 3 is 2.76 bits per heavy atom. The second-order valence-electron chi connectivity index (χ2n) is 9.11. The van der Waals surface area contributed by atoms with Gasteiger partial charge in [0.2, 0.25) is 0 Å². The lowest BCUT2D eigenvalue weighted by Gasteiger charge is -2.13. The summed E-state index contributed by atoms with van der Waals surface area (Å²) < 4.78 is 0. The molecule has 3 N–H and O–H groups in total. The SMILES string of the molecule is C=C/C(=C\C(=C/C)c1cc2c(C(=C)Nc3nccc(-c4ccsc4)c3C)n[nH]c2cn1)NC(=C)C1CC1. The van der Waals surface area contributed by atoms with E-state index < -0.39 is 0 Å². The summed E-state index contributed by atoms with van der Waals surface area (Å²) in [5, 5.41) is 19.5. The van der Waals surface area contributed by atoms with Crippen molar-refractivity contribution in [2.24, 2.45) is 5.92 Å². The predicted molar refractivity (Wildman–Crippen MR) is 156 cm³/mol. The first-order valence-electron chi connectivity index (χ1n) is 12.2. The van der Waals surface area contributed by atoms with Crippen molar-refractivity contribution in [2.45, 2.75) is 26.7 Å². The first-order chi connectivity index (χ1) is 18.0. The number of nitrogens with one attached hydrogen (secondary N) is 3. The quantitative estimate of drug-likeness (QED) is 0.195. The van der Waals surface area contributed by atoms with Gasteiger partial charge in [0, 0.05) is 23.0 Å². The number of aromatic amines is 1. The second-order valence-corrected chi connectivity index (χ2v) is 9.89. The summed E-state index contributed by atoms with van der Waals surface area (Å²) >= 11 is 1.68. The van der Waals surface area contributed by atoms with Crippen molar-refractivity contribution in [3.63, 3.8) is 0 Å². The number of pyridine rings is 2. The molecule has 186 valence electrons. The van der Waals surface area contributed by atoms with Gasteiger partial charge in [-0.2, -0.15) is 16.4 Å². The molecule has 0 radical (unpaired) electrons. The molecule has 1 aliphatic carbocycles. The molecular weight excluding hydrogens is 476 g/mol. The second kappa shape index (κ2) is 10.4. The van der Waals surface area contributed by atoms with E-state index in [1.165, 1.54) is 18.4 Å². The van der Waals surface area contributed by atoms with Gasteiger partial charge in [0.15, 0.2) is 0 Å². The molecule has 4 heterocycles. The lowest BCUT2D eigenvalue weighted by Crippen LogP contribution is -2.11. The molecular formula is C30H30N6S. The third-order valence-electron chi connectivity index (χ3n) is 6.55. The van der Waals surface area contributed by atoms with Gasteiger partial charge in [0.1, 0.15) is 11.5 Å². The molecule has 7 heteroatoms. The fourth-order valence-electron chi connectivity index (χ4n) is 4.24. The molecule has 0 unspecified atom stereocenters. The number of hydrogen-bond donors (Lipinski definition) is 3. The van der Waals surface area contributed by atoms with Gasteiger partial charge in [-0.15, -0.1) is 0 Å². The monoisotopic (exact) mass is 506 g/mol. The van der Waals surface area contributed by atoms with Crippen LogP contribution in [0.5, 0.6) is 0 Å². The summed E-state index contributed by atoms with van der Waals surface area (Å²) in [6.45, 7) is 16.5. The Kier molecular flexibility index (Phi) is 6.88. The molecule has 0 atom stereocenters. The Bertz CT molecular complexity index is 1550. The van der Waals surface area contributed by atoms with Crippen molar-refractivity contribution in [3.05, 3.63) is 108 Å². The fraction of sp³-hybridized carbons (Fsp3) is 0.167. The van der Waals surface area contributed by atoms with Crippen LogP contribution in [0.2, 0.25) is 0 Å². The van der Waals surface area contributed by atoms with Crippen LogP contribution in [-0.4, -0.2) is 20.2 Å². The minimum Gasteiger partial charge on any atom is -0.359 e. The number of allylic oxidation sites excluding steroid dienone is 5. The van der Waals surface area contributed by atoms with E-state index in [-0.39, 0.29) is 0 Å². The number of anilines is 1. The Hall–Kier alpha value is -4.23. The molecule has 37 heavy (non-hydrogen) atoms. The zero-order chi connectivity index (χ0) is 25.9. The Labute approximate surface area is 221 Å². The van der Waals surface area contributed by atoms with Crippen LogP contribution in [0.15, 0.2) is 90.7 Å². The van der Waals surface area contributed by atoms with Gasteiger partial charge in [-0.05, 0) is 96.0 Å². The number of thiophene rings is 1. The summed E-state index contributed by atoms with van der Waals surface area (Å²) in [7, 11) is 0. The van der Waals surface area contributed by atoms with E-state index in [0.717, 1.165) is 56.2 Å². The van der Waals surface area contributed by atoms with E-state index in [2.05, 4.69) is 74.3 Å². The van der Waals surface area contributed by atoms with E-state index in [1.807, 2.05) is 43.5 Å². The van der Waals surface area contributed by atoms with E-state index in [4.69, 9.17) is 0 Å². The van der Waals surface area contributed by atoms with Crippen molar-refractivity contribution in [1.82, 2.24) is 25.5 Å². The maximum absolute atomic E-state index is 4.67. The normalized spacial score (nSPS) is 14.0. The Morgan fingerprint density at radius 1 is 1.22 bits per heavy atom. The van der Waals surface area contributed by atoms with Crippen LogP contribution in [0.1, 0.15) is 36.7 Å². The van der Waals surface area contributed by atoms with Crippen molar-refractivity contribution in [3.8, 4) is 11.1 Å². The largest absolute Gasteiger partial charge is 0.359 e. The number of rotatable bonds is 10. The third kappa shape index (κ3) is 5.17. The van der Waals surface area contributed by atoms with Gasteiger partial charge >= 0.3 is 0 Å². The lowest BCUT2D eigenvalue weighted by molar-refractivity contribution is 0.865. The van der Waals surface area contributed by atoms with Crippen LogP contribution in [-0.2, 0) is 0 Å². The summed E-state index contributed by atoms with van der Waals surface area (Å²) in [4.78, 5) is 9.23. The zero-order valence-electron chi connectivity index (χ0n) is 21.1. The van der Waals surface area contributed by atoms with Crippen molar-refractivity contribution >= 4 is 39.3 Å². The van der Waals surface area contributed by atoms with Crippen LogP contribution in [0, 0.1) is 12.8 Å². The molecule has 1 fully saturated rings. The van der Waals surface area contributed by atoms with Crippen LogP contribution in [0.4, 0.5) is 5.82 Å². The lowest BCUT2D eigenvalue weighted by atomic mass is 10.0. The smallest absolute Gasteiger partial charge is 0.133 e. The molecule has 1 aliphatic rings. The maximum Gasteiger partial charge on any atom is 0.133 e. The third-order valence-corrected chi connectivity index (χ3v) is 7.23. The van der Waals surface area contributed by atoms with E-state index in [1.54, 1.807) is 17.5 Å². The van der Waals surface area contributed by atoms with Gasteiger partial charge in [-0.3, -0.25) is 10.1 Å². The topological polar surface area (TPSA) is 78.5 Å². The van der Waals surface area contributed by atoms with E-state index >= 15 is 0 Å². The molecule has 4 aromatic rings. The molecule has 1 saturated carbocycles. The van der Waals surface area contributed by atoms with Crippen molar-refractivity contribution in [1.29, 1.82) is 0 Å². The molecule has 0 bridgehead atoms. The highest BCUT2D eigenvalue weighted by molar-refractivity contribution is 7.08. The maximum atomic E-state index is 4.67. The molecule has 0 spiro atoms. The molecule has 0 amide bonds. The highest BCUT2D eigenvalue weighted by Crippen LogP contribution is 2.35. The molecule has 6 nitrogen and oxygen atoms in total. The van der Waals surface area contributed by atoms with Crippen LogP contribution in [0.3, 0.4) is 0 Å². The van der Waals surface area contributed by atoms with Crippen LogP contribution < -0.4 is 10.6 Å². The number of hydrogen-bond acceptors (Lipinski definition) is 6.